The van der Waals surface area contributed by atoms with E-state index in [-0.39, 0.29) is 43.0 Å². The molecule has 4 aromatic rings. The second kappa shape index (κ2) is 12.8. The maximum Gasteiger partial charge on any atom is 0.238 e. The summed E-state index contributed by atoms with van der Waals surface area (Å²) in [7, 11) is 0. The Hall–Kier alpha value is -4.92. The van der Waals surface area contributed by atoms with E-state index in [1.165, 1.54) is 11.0 Å². The Kier molecular flexibility index (Phi) is 8.24. The van der Waals surface area contributed by atoms with Crippen LogP contribution in [0, 0.1) is 23.7 Å². The van der Waals surface area contributed by atoms with Crippen molar-refractivity contribution < 1.29 is 29.0 Å². The predicted molar refractivity (Wildman–Crippen MR) is 192 cm³/mol. The minimum absolute atomic E-state index is 0.0404. The number of fused-ring (bicyclic) bond motifs is 4. The van der Waals surface area contributed by atoms with E-state index >= 15 is 9.59 Å². The van der Waals surface area contributed by atoms with Crippen molar-refractivity contribution in [3.8, 4) is 5.75 Å². The highest BCUT2D eigenvalue weighted by Crippen LogP contribution is 2.64. The summed E-state index contributed by atoms with van der Waals surface area (Å²) < 4.78 is 6.95. The number of halogens is 1. The van der Waals surface area contributed by atoms with Crippen molar-refractivity contribution in [3.05, 3.63) is 148 Å². The first-order valence-corrected chi connectivity index (χ1v) is 17.7. The highest BCUT2D eigenvalue weighted by atomic mass is 79.9. The summed E-state index contributed by atoms with van der Waals surface area (Å²) in [5.74, 6) is -3.74. The van der Waals surface area contributed by atoms with Crippen LogP contribution in [0.25, 0.3) is 5.57 Å². The number of Topliss-reactive ketones (excluding diaryl/α,β-unsaturated/α-hetero) is 1. The number of amides is 2. The van der Waals surface area contributed by atoms with Gasteiger partial charge in [-0.1, -0.05) is 106 Å². The van der Waals surface area contributed by atoms with Crippen molar-refractivity contribution in [2.75, 3.05) is 18.1 Å². The van der Waals surface area contributed by atoms with Gasteiger partial charge < -0.3 is 9.84 Å². The van der Waals surface area contributed by atoms with Gasteiger partial charge in [0, 0.05) is 27.4 Å². The quantitative estimate of drug-likeness (QED) is 0.165. The Bertz CT molecular complexity index is 2070. The molecule has 4 aromatic carbocycles. The molecule has 50 heavy (non-hydrogen) atoms. The maximum absolute atomic E-state index is 15.2. The van der Waals surface area contributed by atoms with Crippen molar-refractivity contribution in [1.29, 1.82) is 0 Å². The predicted octanol–water partition coefficient (Wildman–Crippen LogP) is 6.85. The van der Waals surface area contributed by atoms with Gasteiger partial charge in [-0.25, -0.2) is 0 Å². The van der Waals surface area contributed by atoms with E-state index in [9.17, 15) is 14.7 Å². The zero-order chi connectivity index (χ0) is 34.6. The van der Waals surface area contributed by atoms with E-state index in [1.54, 1.807) is 24.3 Å². The lowest BCUT2D eigenvalue weighted by molar-refractivity contribution is -0.135. The van der Waals surface area contributed by atoms with Crippen LogP contribution in [0.15, 0.2) is 131 Å². The van der Waals surface area contributed by atoms with Gasteiger partial charge in [-0.15, -0.1) is 0 Å². The second-order valence-corrected chi connectivity index (χ2v) is 14.3. The van der Waals surface area contributed by atoms with Crippen LogP contribution in [0.5, 0.6) is 5.75 Å². The number of aliphatic hydroxyl groups is 1. The number of aliphatic hydroxyl groups excluding tert-OH is 1. The fraction of sp³-hybridized carbons (Fsp3) is 0.238. The molecule has 8 heteroatoms. The first kappa shape index (κ1) is 32.3. The number of rotatable bonds is 7. The monoisotopic (exact) mass is 727 g/mol. The number of hydrogen-bond acceptors (Lipinski definition) is 6. The average molecular weight is 729 g/mol. The van der Waals surface area contributed by atoms with Gasteiger partial charge in [-0.2, -0.15) is 0 Å². The molecule has 2 fully saturated rings. The molecule has 3 aliphatic carbocycles. The molecule has 1 aliphatic heterocycles. The van der Waals surface area contributed by atoms with Gasteiger partial charge in [0.15, 0.2) is 11.6 Å². The van der Waals surface area contributed by atoms with Gasteiger partial charge in [-0.3, -0.25) is 24.1 Å². The third kappa shape index (κ3) is 4.88. The van der Waals surface area contributed by atoms with Crippen molar-refractivity contribution in [2.24, 2.45) is 23.7 Å². The number of hydrogen-bond donors (Lipinski definition) is 1. The smallest absolute Gasteiger partial charge is 0.238 e. The summed E-state index contributed by atoms with van der Waals surface area (Å²) in [6, 6.07) is 33.3. The first-order chi connectivity index (χ1) is 24.4. The number of para-hydroxylation sites is 1. The van der Waals surface area contributed by atoms with E-state index in [4.69, 9.17) is 4.74 Å². The molecule has 250 valence electrons. The lowest BCUT2D eigenvalue weighted by Gasteiger charge is -2.55. The molecule has 6 unspecified atom stereocenters. The molecule has 7 nitrogen and oxygen atoms in total. The van der Waals surface area contributed by atoms with Crippen LogP contribution in [-0.4, -0.2) is 41.7 Å². The minimum atomic E-state index is -1.36. The Balaban J connectivity index is 1.36. The van der Waals surface area contributed by atoms with E-state index < -0.39 is 35.0 Å². The van der Waals surface area contributed by atoms with Gasteiger partial charge in [0.05, 0.1) is 29.5 Å². The summed E-state index contributed by atoms with van der Waals surface area (Å²) in [6.07, 6.45) is 4.11. The van der Waals surface area contributed by atoms with Crippen molar-refractivity contribution >= 4 is 50.6 Å². The Morgan fingerprint density at radius 2 is 1.48 bits per heavy atom. The topological polar surface area (TPSA) is 101 Å². The van der Waals surface area contributed by atoms with Crippen molar-refractivity contribution in [3.63, 3.8) is 0 Å². The Morgan fingerprint density at radius 3 is 2.20 bits per heavy atom. The molecule has 0 spiro atoms. The third-order valence-electron chi connectivity index (χ3n) is 11.0. The van der Waals surface area contributed by atoms with E-state index in [1.807, 2.05) is 91.0 Å². The van der Waals surface area contributed by atoms with Crippen LogP contribution in [0.3, 0.4) is 0 Å². The summed E-state index contributed by atoms with van der Waals surface area (Å²) in [6.45, 7) is -0.164. The Labute approximate surface area is 298 Å². The average Bonchev–Trinajstić information content (AvgIpc) is 3.41. The molecule has 0 aromatic heterocycles. The lowest BCUT2D eigenvalue weighted by atomic mass is 9.44. The van der Waals surface area contributed by atoms with Crippen LogP contribution in [0.4, 0.5) is 5.69 Å². The number of imide groups is 1. The molecule has 2 amide bonds. The van der Waals surface area contributed by atoms with E-state index in [0.717, 1.165) is 10.0 Å². The third-order valence-corrected chi connectivity index (χ3v) is 11.6. The number of carbonyl (C=O) groups excluding carboxylic acids is 4. The number of benzene rings is 4. The highest BCUT2D eigenvalue weighted by molar-refractivity contribution is 9.10. The molecular weight excluding hydrogens is 694 g/mol. The van der Waals surface area contributed by atoms with Crippen LogP contribution in [0.2, 0.25) is 0 Å². The standard InChI is InChI=1S/C42H34BrNO6/c43-27-15-17-28(18-16-27)44-40(48)31-20-19-29-33(37(31)41(44)49)23-34-39(47)32(25-9-3-1-4-10-25)24-36(46)42(34,26-11-5-2-6-12-26)38(29)30-13-7-8-14-35(30)50-22-21-45/h1-19,24,31,33-34,37-38,45H,20-23H2. The molecular formula is C42H34BrNO6. The van der Waals surface area contributed by atoms with E-state index in [0.29, 0.717) is 40.1 Å². The normalized spacial score (nSPS) is 27.2. The maximum atomic E-state index is 15.2. The summed E-state index contributed by atoms with van der Waals surface area (Å²) >= 11 is 3.45. The largest absolute Gasteiger partial charge is 0.491 e. The molecule has 1 heterocycles. The number of allylic oxidation sites excluding steroid dienone is 4. The SMILES string of the molecule is O=C1C(c2ccccc2)=CC(=O)C2(c3ccccc3)C1CC1C(=CCC3C(=O)N(c4ccc(Br)cc4)C(=O)C31)C2c1ccccc1OCCO. The first-order valence-electron chi connectivity index (χ1n) is 16.9. The lowest BCUT2D eigenvalue weighted by Crippen LogP contribution is -2.58. The van der Waals surface area contributed by atoms with Crippen LogP contribution in [0.1, 0.15) is 35.4 Å². The zero-order valence-corrected chi connectivity index (χ0v) is 28.7. The number of ether oxygens (including phenoxy) is 1. The summed E-state index contributed by atoms with van der Waals surface area (Å²) in [4.78, 5) is 60.2. The van der Waals surface area contributed by atoms with Crippen LogP contribution < -0.4 is 9.64 Å². The van der Waals surface area contributed by atoms with Gasteiger partial charge >= 0.3 is 0 Å². The number of ketones is 2. The summed E-state index contributed by atoms with van der Waals surface area (Å²) in [5, 5.41) is 9.72. The fourth-order valence-corrected chi connectivity index (χ4v) is 9.33. The second-order valence-electron chi connectivity index (χ2n) is 13.4. The Morgan fingerprint density at radius 1 is 0.800 bits per heavy atom. The molecule has 4 aliphatic rings. The molecule has 0 bridgehead atoms. The molecule has 1 saturated heterocycles. The molecule has 6 atom stereocenters. The van der Waals surface area contributed by atoms with Gasteiger partial charge in [0.2, 0.25) is 11.8 Å². The van der Waals surface area contributed by atoms with Crippen LogP contribution >= 0.6 is 15.9 Å². The van der Waals surface area contributed by atoms with Crippen molar-refractivity contribution in [1.82, 2.24) is 0 Å². The minimum Gasteiger partial charge on any atom is -0.491 e. The van der Waals surface area contributed by atoms with Gasteiger partial charge in [0.1, 0.15) is 12.4 Å². The van der Waals surface area contributed by atoms with Gasteiger partial charge in [-0.05, 0) is 66.3 Å². The number of nitrogens with zero attached hydrogens (tertiary/aromatic N) is 1. The van der Waals surface area contributed by atoms with Crippen LogP contribution in [-0.2, 0) is 24.6 Å². The number of carbonyl (C=O) groups is 4. The molecule has 1 saturated carbocycles. The zero-order valence-electron chi connectivity index (χ0n) is 27.1. The highest BCUT2D eigenvalue weighted by Gasteiger charge is 2.66. The summed E-state index contributed by atoms with van der Waals surface area (Å²) in [5.41, 5.74) is 2.42. The van der Waals surface area contributed by atoms with Crippen molar-refractivity contribution in [2.45, 2.75) is 24.2 Å². The molecule has 8 rings (SSSR count). The molecule has 0 radical (unpaired) electrons. The number of anilines is 1. The molecule has 1 N–H and O–H groups in total. The van der Waals surface area contributed by atoms with E-state index in [2.05, 4.69) is 15.9 Å². The fourth-order valence-electron chi connectivity index (χ4n) is 9.07. The van der Waals surface area contributed by atoms with Gasteiger partial charge in [0.25, 0.3) is 0 Å².